The summed E-state index contributed by atoms with van der Waals surface area (Å²) in [5.74, 6) is -0.159. The quantitative estimate of drug-likeness (QED) is 0.239. The van der Waals surface area contributed by atoms with Gasteiger partial charge in [0.1, 0.15) is 0 Å². The molecule has 224 valence electrons. The molecular formula is C34H37ClN4O3S. The predicted molar refractivity (Wildman–Crippen MR) is 169 cm³/mol. The third-order valence-electron chi connectivity index (χ3n) is 8.60. The Balaban J connectivity index is 1.16. The van der Waals surface area contributed by atoms with E-state index in [2.05, 4.69) is 41.0 Å². The normalized spacial score (nSPS) is 18.6. The van der Waals surface area contributed by atoms with E-state index in [1.165, 1.54) is 27.1 Å². The first-order valence-electron chi connectivity index (χ1n) is 14.9. The standard InChI is InChI=1S/C34H37ClN4O3S/c1-24-12-14-28(20-30(24)35)43(41,42)39-18-17-38-16-6-11-32(38)33(39)21-34(40)37-31-10-5-9-27-19-26(13-15-29(27)31)23-36-22-25-7-3-2-4-8-25/h2-4,6-8,11-16,19-20,31,33,36H,5,9-10,17-18,21-23H2,1H3,(H,37,40). The van der Waals surface area contributed by atoms with E-state index in [9.17, 15) is 13.2 Å². The third kappa shape index (κ3) is 6.43. The van der Waals surface area contributed by atoms with Gasteiger partial charge in [0.2, 0.25) is 15.9 Å². The Labute approximate surface area is 258 Å². The number of amides is 1. The summed E-state index contributed by atoms with van der Waals surface area (Å²) in [5, 5.41) is 7.18. The molecule has 0 saturated carbocycles. The number of benzene rings is 3. The summed E-state index contributed by atoms with van der Waals surface area (Å²) in [6, 6.07) is 24.8. The first kappa shape index (κ1) is 29.6. The highest BCUT2D eigenvalue weighted by Gasteiger charge is 2.38. The molecule has 6 rings (SSSR count). The zero-order valence-electron chi connectivity index (χ0n) is 24.3. The van der Waals surface area contributed by atoms with Crippen molar-refractivity contribution in [3.63, 3.8) is 0 Å². The average Bonchev–Trinajstić information content (AvgIpc) is 3.49. The van der Waals surface area contributed by atoms with Crippen molar-refractivity contribution in [1.29, 1.82) is 0 Å². The Hall–Kier alpha value is -3.43. The van der Waals surface area contributed by atoms with Crippen LogP contribution in [0.1, 0.15) is 64.9 Å². The van der Waals surface area contributed by atoms with Gasteiger partial charge in [0.05, 0.1) is 17.0 Å². The van der Waals surface area contributed by atoms with Gasteiger partial charge in [-0.15, -0.1) is 0 Å². The van der Waals surface area contributed by atoms with Crippen LogP contribution in [0.4, 0.5) is 0 Å². The Morgan fingerprint density at radius 2 is 1.77 bits per heavy atom. The second kappa shape index (κ2) is 12.7. The SMILES string of the molecule is Cc1ccc(S(=O)(=O)N2CCn3cccc3C2CC(=O)NC2CCCc3cc(CNCc4ccccc4)ccc32)cc1Cl. The molecule has 7 nitrogen and oxygen atoms in total. The molecule has 9 heteroatoms. The van der Waals surface area contributed by atoms with Gasteiger partial charge in [0.15, 0.2) is 0 Å². The molecule has 0 radical (unpaired) electrons. The van der Waals surface area contributed by atoms with Crippen molar-refractivity contribution in [2.75, 3.05) is 6.54 Å². The molecule has 2 atom stereocenters. The number of hydrogen-bond acceptors (Lipinski definition) is 4. The number of halogens is 1. The number of nitrogens with one attached hydrogen (secondary N) is 2. The lowest BCUT2D eigenvalue weighted by Crippen LogP contribution is -2.44. The molecule has 2 heterocycles. The van der Waals surface area contributed by atoms with Gasteiger partial charge in [-0.1, -0.05) is 66.2 Å². The molecular weight excluding hydrogens is 580 g/mol. The number of nitrogens with zero attached hydrogens (tertiary/aromatic N) is 2. The number of aromatic nitrogens is 1. The Morgan fingerprint density at radius 1 is 0.953 bits per heavy atom. The highest BCUT2D eigenvalue weighted by atomic mass is 35.5. The van der Waals surface area contributed by atoms with E-state index in [4.69, 9.17) is 11.6 Å². The minimum Gasteiger partial charge on any atom is -0.349 e. The Morgan fingerprint density at radius 3 is 2.58 bits per heavy atom. The molecule has 1 amide bonds. The molecule has 1 aliphatic heterocycles. The van der Waals surface area contributed by atoms with Crippen molar-refractivity contribution >= 4 is 27.5 Å². The maximum atomic E-state index is 13.8. The van der Waals surface area contributed by atoms with Crippen LogP contribution in [0.25, 0.3) is 0 Å². The molecule has 43 heavy (non-hydrogen) atoms. The Bertz CT molecular complexity index is 1720. The van der Waals surface area contributed by atoms with Crippen LogP contribution in [0.2, 0.25) is 5.02 Å². The summed E-state index contributed by atoms with van der Waals surface area (Å²) in [5.41, 5.74) is 6.52. The summed E-state index contributed by atoms with van der Waals surface area (Å²) in [6.45, 7) is 4.23. The molecule has 2 aliphatic rings. The molecule has 2 N–H and O–H groups in total. The fraction of sp³-hybridized carbons (Fsp3) is 0.324. The molecule has 3 aromatic carbocycles. The third-order valence-corrected chi connectivity index (χ3v) is 10.9. The van der Waals surface area contributed by atoms with Gasteiger partial charge in [-0.3, -0.25) is 4.79 Å². The largest absolute Gasteiger partial charge is 0.349 e. The van der Waals surface area contributed by atoms with E-state index in [0.29, 0.717) is 11.6 Å². The van der Waals surface area contributed by atoms with Crippen LogP contribution < -0.4 is 10.6 Å². The van der Waals surface area contributed by atoms with E-state index in [1.807, 2.05) is 48.0 Å². The molecule has 0 saturated heterocycles. The molecule has 4 aromatic rings. The second-order valence-corrected chi connectivity index (χ2v) is 13.8. The smallest absolute Gasteiger partial charge is 0.243 e. The summed E-state index contributed by atoms with van der Waals surface area (Å²) in [7, 11) is -3.88. The van der Waals surface area contributed by atoms with Gasteiger partial charge < -0.3 is 15.2 Å². The molecule has 1 aliphatic carbocycles. The second-order valence-electron chi connectivity index (χ2n) is 11.5. The highest BCUT2D eigenvalue weighted by molar-refractivity contribution is 7.89. The number of sulfonamides is 1. The van der Waals surface area contributed by atoms with Crippen LogP contribution in [0.15, 0.2) is 90.0 Å². The van der Waals surface area contributed by atoms with Crippen molar-refractivity contribution in [3.05, 3.63) is 124 Å². The van der Waals surface area contributed by atoms with Crippen LogP contribution in [0, 0.1) is 6.92 Å². The van der Waals surface area contributed by atoms with E-state index < -0.39 is 16.1 Å². The van der Waals surface area contributed by atoms with Crippen LogP contribution in [-0.4, -0.2) is 29.7 Å². The zero-order valence-corrected chi connectivity index (χ0v) is 25.9. The fourth-order valence-corrected chi connectivity index (χ4v) is 8.17. The fourth-order valence-electron chi connectivity index (χ4n) is 6.31. The highest BCUT2D eigenvalue weighted by Crippen LogP contribution is 2.36. The van der Waals surface area contributed by atoms with Gasteiger partial charge in [0, 0.05) is 49.5 Å². The van der Waals surface area contributed by atoms with Crippen molar-refractivity contribution < 1.29 is 13.2 Å². The van der Waals surface area contributed by atoms with Crippen LogP contribution in [0.5, 0.6) is 0 Å². The van der Waals surface area contributed by atoms with Crippen molar-refractivity contribution in [2.24, 2.45) is 0 Å². The zero-order chi connectivity index (χ0) is 30.0. The van der Waals surface area contributed by atoms with E-state index >= 15 is 0 Å². The van der Waals surface area contributed by atoms with Crippen molar-refractivity contribution in [2.45, 2.75) is 69.2 Å². The monoisotopic (exact) mass is 616 g/mol. The van der Waals surface area contributed by atoms with Crippen molar-refractivity contribution in [1.82, 2.24) is 19.5 Å². The number of fused-ring (bicyclic) bond motifs is 2. The molecule has 1 aromatic heterocycles. The number of carbonyl (C=O) groups excluding carboxylic acids is 1. The molecule has 0 spiro atoms. The summed E-state index contributed by atoms with van der Waals surface area (Å²) in [4.78, 5) is 13.7. The van der Waals surface area contributed by atoms with Gasteiger partial charge in [-0.25, -0.2) is 8.42 Å². The minimum absolute atomic E-state index is 0.0379. The maximum absolute atomic E-state index is 13.8. The average molecular weight is 617 g/mol. The topological polar surface area (TPSA) is 83.4 Å². The van der Waals surface area contributed by atoms with Gasteiger partial charge >= 0.3 is 0 Å². The molecule has 0 fully saturated rings. The Kier molecular flexibility index (Phi) is 8.73. The first-order chi connectivity index (χ1) is 20.8. The minimum atomic E-state index is -3.88. The summed E-state index contributed by atoms with van der Waals surface area (Å²) < 4.78 is 31.2. The lowest BCUT2D eigenvalue weighted by atomic mass is 9.86. The number of carbonyl (C=O) groups is 1. The van der Waals surface area contributed by atoms with Crippen LogP contribution in [-0.2, 0) is 40.9 Å². The van der Waals surface area contributed by atoms with Crippen LogP contribution >= 0.6 is 11.6 Å². The van der Waals surface area contributed by atoms with E-state index in [-0.39, 0.29) is 29.8 Å². The van der Waals surface area contributed by atoms with Gasteiger partial charge in [-0.2, -0.15) is 4.31 Å². The maximum Gasteiger partial charge on any atom is 0.243 e. The first-order valence-corrected chi connectivity index (χ1v) is 16.7. The predicted octanol–water partition coefficient (Wildman–Crippen LogP) is 6.07. The number of rotatable bonds is 9. The van der Waals surface area contributed by atoms with E-state index in [0.717, 1.165) is 49.2 Å². The van der Waals surface area contributed by atoms with Crippen LogP contribution in [0.3, 0.4) is 0 Å². The summed E-state index contributed by atoms with van der Waals surface area (Å²) in [6.07, 6.45) is 4.80. The lowest BCUT2D eigenvalue weighted by Gasteiger charge is -2.36. The van der Waals surface area contributed by atoms with Gasteiger partial charge in [0.25, 0.3) is 0 Å². The van der Waals surface area contributed by atoms with E-state index in [1.54, 1.807) is 12.1 Å². The van der Waals surface area contributed by atoms with Gasteiger partial charge in [-0.05, 0) is 78.3 Å². The van der Waals surface area contributed by atoms with Crippen molar-refractivity contribution in [3.8, 4) is 0 Å². The molecule has 0 bridgehead atoms. The number of hydrogen-bond donors (Lipinski definition) is 2. The summed E-state index contributed by atoms with van der Waals surface area (Å²) >= 11 is 6.30. The molecule has 2 unspecified atom stereocenters. The number of aryl methyl sites for hydroxylation is 2. The lowest BCUT2D eigenvalue weighted by molar-refractivity contribution is -0.123.